The van der Waals surface area contributed by atoms with Crippen molar-refractivity contribution in [3.63, 3.8) is 0 Å². The molecule has 6 nitrogen and oxygen atoms in total. The largest absolute Gasteiger partial charge is 0.326 e. The summed E-state index contributed by atoms with van der Waals surface area (Å²) in [4.78, 5) is 17.7. The van der Waals surface area contributed by atoms with Gasteiger partial charge in [-0.15, -0.1) is 0 Å². The van der Waals surface area contributed by atoms with Crippen molar-refractivity contribution in [2.75, 3.05) is 0 Å². The summed E-state index contributed by atoms with van der Waals surface area (Å²) in [6, 6.07) is 22.5. The first-order valence-electron chi connectivity index (χ1n) is 10.4. The SMILES string of the molecule is N=C[N+]1=C(N)C(NC(=O)CCc2ccc(Cl)cc2Cl)N=C(c2ccccc2)c2ccccc21. The average molecular weight is 479 g/mol. The second-order valence-corrected chi connectivity index (χ2v) is 8.33. The molecule has 3 aromatic carbocycles. The van der Waals surface area contributed by atoms with Crippen LogP contribution in [0.25, 0.3) is 0 Å². The average Bonchev–Trinajstić information content (AvgIpc) is 2.93. The van der Waals surface area contributed by atoms with Crippen LogP contribution < -0.4 is 11.1 Å². The Hall–Kier alpha value is -3.48. The summed E-state index contributed by atoms with van der Waals surface area (Å²) < 4.78 is 1.54. The maximum absolute atomic E-state index is 12.8. The van der Waals surface area contributed by atoms with Gasteiger partial charge in [-0.3, -0.25) is 4.79 Å². The minimum Gasteiger partial charge on any atom is -0.326 e. The molecule has 1 aliphatic heterocycles. The number of aliphatic imine (C=N–C) groups is 1. The number of carbonyl (C=O) groups is 1. The van der Waals surface area contributed by atoms with Gasteiger partial charge >= 0.3 is 0 Å². The Bertz CT molecular complexity index is 1270. The number of rotatable bonds is 6. The number of amidine groups is 1. The Morgan fingerprint density at radius 1 is 1.09 bits per heavy atom. The van der Waals surface area contributed by atoms with Crippen molar-refractivity contribution in [1.29, 1.82) is 5.41 Å². The zero-order valence-corrected chi connectivity index (χ0v) is 19.1. The lowest BCUT2D eigenvalue weighted by Gasteiger charge is -2.14. The minimum absolute atomic E-state index is 0.193. The van der Waals surface area contributed by atoms with Gasteiger partial charge in [0.15, 0.2) is 0 Å². The van der Waals surface area contributed by atoms with E-state index >= 15 is 0 Å². The minimum atomic E-state index is -0.845. The molecule has 0 spiro atoms. The Labute approximate surface area is 201 Å². The molecule has 1 unspecified atom stereocenters. The molecule has 0 saturated heterocycles. The van der Waals surface area contributed by atoms with Crippen LogP contribution in [0.5, 0.6) is 0 Å². The second kappa shape index (κ2) is 9.98. The van der Waals surface area contributed by atoms with Crippen LogP contribution in [0.2, 0.25) is 10.0 Å². The molecule has 4 rings (SSSR count). The molecule has 3 aromatic rings. The number of nitrogens with zero attached hydrogens (tertiary/aromatic N) is 2. The summed E-state index contributed by atoms with van der Waals surface area (Å²) >= 11 is 12.2. The molecule has 0 bridgehead atoms. The second-order valence-electron chi connectivity index (χ2n) is 7.49. The maximum atomic E-state index is 12.8. The molecule has 1 amide bonds. The monoisotopic (exact) mass is 478 g/mol. The molecule has 0 saturated carbocycles. The number of halogens is 2. The number of amides is 1. The van der Waals surface area contributed by atoms with E-state index in [1.54, 1.807) is 12.1 Å². The van der Waals surface area contributed by atoms with Crippen LogP contribution in [0.1, 0.15) is 23.1 Å². The summed E-state index contributed by atoms with van der Waals surface area (Å²) in [5, 5.41) is 11.9. The lowest BCUT2D eigenvalue weighted by Crippen LogP contribution is -2.46. The van der Waals surface area contributed by atoms with E-state index in [4.69, 9.17) is 39.3 Å². The van der Waals surface area contributed by atoms with E-state index in [0.29, 0.717) is 22.2 Å². The summed E-state index contributed by atoms with van der Waals surface area (Å²) in [6.45, 7) is 0. The van der Waals surface area contributed by atoms with Crippen LogP contribution in [-0.2, 0) is 11.2 Å². The Morgan fingerprint density at radius 2 is 1.82 bits per heavy atom. The lowest BCUT2D eigenvalue weighted by atomic mass is 10.0. The van der Waals surface area contributed by atoms with E-state index < -0.39 is 6.17 Å². The summed E-state index contributed by atoms with van der Waals surface area (Å²) in [5.41, 5.74) is 10.4. The van der Waals surface area contributed by atoms with Gasteiger partial charge in [0.05, 0.1) is 5.71 Å². The molecule has 4 N–H and O–H groups in total. The van der Waals surface area contributed by atoms with Crippen LogP contribution in [0.15, 0.2) is 77.8 Å². The number of fused-ring (bicyclic) bond motifs is 1. The van der Waals surface area contributed by atoms with Gasteiger partial charge in [0, 0.05) is 27.6 Å². The number of aryl methyl sites for hydroxylation is 1. The van der Waals surface area contributed by atoms with Gasteiger partial charge in [0.25, 0.3) is 0 Å². The maximum Gasteiger partial charge on any atom is 0.245 e. The van der Waals surface area contributed by atoms with Gasteiger partial charge in [-0.05, 0) is 36.2 Å². The van der Waals surface area contributed by atoms with Crippen molar-refractivity contribution in [2.24, 2.45) is 10.7 Å². The van der Waals surface area contributed by atoms with Gasteiger partial charge in [-0.25, -0.2) is 9.57 Å². The first-order valence-corrected chi connectivity index (χ1v) is 11.1. The van der Waals surface area contributed by atoms with Gasteiger partial charge in [0.1, 0.15) is 5.69 Å². The Morgan fingerprint density at radius 3 is 2.55 bits per heavy atom. The number of hydrogen-bond acceptors (Lipinski definition) is 4. The van der Waals surface area contributed by atoms with Crippen LogP contribution >= 0.6 is 23.2 Å². The van der Waals surface area contributed by atoms with E-state index in [1.165, 1.54) is 4.58 Å². The fraction of sp³-hybridized carbons (Fsp3) is 0.120. The highest BCUT2D eigenvalue weighted by Crippen LogP contribution is 2.25. The molecule has 0 aromatic heterocycles. The first kappa shape index (κ1) is 22.7. The third kappa shape index (κ3) is 4.97. The summed E-state index contributed by atoms with van der Waals surface area (Å²) in [5.74, 6) is 0.00210. The fourth-order valence-electron chi connectivity index (χ4n) is 3.69. The van der Waals surface area contributed by atoms with Gasteiger partial charge < -0.3 is 11.1 Å². The van der Waals surface area contributed by atoms with E-state index in [2.05, 4.69) is 5.32 Å². The number of nitrogens with two attached hydrogens (primary N) is 1. The van der Waals surface area contributed by atoms with Crippen LogP contribution in [0, 0.1) is 5.41 Å². The molecule has 33 heavy (non-hydrogen) atoms. The van der Waals surface area contributed by atoms with Gasteiger partial charge in [0.2, 0.25) is 24.2 Å². The Kier molecular flexibility index (Phi) is 6.87. The molecule has 0 radical (unpaired) electrons. The number of benzene rings is 3. The van der Waals surface area contributed by atoms with Crippen LogP contribution in [0.4, 0.5) is 5.69 Å². The summed E-state index contributed by atoms with van der Waals surface area (Å²) in [6.07, 6.45) is 0.920. The van der Waals surface area contributed by atoms with Crippen molar-refractivity contribution in [2.45, 2.75) is 19.0 Å². The van der Waals surface area contributed by atoms with Crippen molar-refractivity contribution < 1.29 is 9.37 Å². The number of nitrogens with one attached hydrogen (secondary N) is 2. The molecular formula is C25H22Cl2N5O+. The normalized spacial score (nSPS) is 15.3. The van der Waals surface area contributed by atoms with Crippen LogP contribution in [0.3, 0.4) is 0 Å². The topological polar surface area (TPSA) is 94.3 Å². The van der Waals surface area contributed by atoms with E-state index in [9.17, 15) is 4.79 Å². The molecule has 166 valence electrons. The van der Waals surface area contributed by atoms with E-state index in [-0.39, 0.29) is 18.2 Å². The zero-order chi connectivity index (χ0) is 23.4. The lowest BCUT2D eigenvalue weighted by molar-refractivity contribution is -0.300. The molecule has 0 aliphatic carbocycles. The van der Waals surface area contributed by atoms with E-state index in [1.807, 2.05) is 60.7 Å². The van der Waals surface area contributed by atoms with Crippen molar-refractivity contribution >= 4 is 52.7 Å². The van der Waals surface area contributed by atoms with Gasteiger partial charge in [-0.2, -0.15) is 5.41 Å². The molecular weight excluding hydrogens is 457 g/mol. The first-order chi connectivity index (χ1) is 16.0. The smallest absolute Gasteiger partial charge is 0.245 e. The van der Waals surface area contributed by atoms with Crippen LogP contribution in [-0.4, -0.2) is 34.5 Å². The number of para-hydroxylation sites is 1. The standard InChI is InChI=1S/C25H21Cl2N5O/c26-18-12-10-16(20(27)14-18)11-13-22(33)30-25-24(29)32(15-28)21-9-5-4-8-19(21)23(31-25)17-6-2-1-3-7-17/h1-10,12,14-15,25,28-29H,11,13H2,(H,30,33)/p+1. The van der Waals surface area contributed by atoms with E-state index in [0.717, 1.165) is 28.7 Å². The van der Waals surface area contributed by atoms with Crippen molar-refractivity contribution in [3.8, 4) is 0 Å². The molecule has 1 heterocycles. The predicted molar refractivity (Wildman–Crippen MR) is 133 cm³/mol. The Balaban J connectivity index is 1.66. The number of hydrogen-bond donors (Lipinski definition) is 3. The molecule has 0 fully saturated rings. The third-order valence-corrected chi connectivity index (χ3v) is 5.93. The highest BCUT2D eigenvalue weighted by molar-refractivity contribution is 6.35. The number of carbonyl (C=O) groups excluding carboxylic acids is 1. The predicted octanol–water partition coefficient (Wildman–Crippen LogP) is 4.53. The van der Waals surface area contributed by atoms with Gasteiger partial charge in [-0.1, -0.05) is 71.7 Å². The molecule has 1 atom stereocenters. The molecule has 8 heteroatoms. The molecule has 1 aliphatic rings. The fourth-order valence-corrected chi connectivity index (χ4v) is 4.20. The highest BCUT2D eigenvalue weighted by Gasteiger charge is 2.29. The third-order valence-electron chi connectivity index (χ3n) is 5.35. The van der Waals surface area contributed by atoms with Crippen molar-refractivity contribution in [3.05, 3.63) is 99.5 Å². The highest BCUT2D eigenvalue weighted by atomic mass is 35.5. The van der Waals surface area contributed by atoms with Crippen molar-refractivity contribution in [1.82, 2.24) is 5.32 Å². The zero-order valence-electron chi connectivity index (χ0n) is 17.6. The summed E-state index contributed by atoms with van der Waals surface area (Å²) in [7, 11) is 0. The quantitative estimate of drug-likeness (QED) is 0.275.